The Kier molecular flexibility index (Phi) is 5.54. The molecule has 0 aromatic heterocycles. The second-order valence-electron chi connectivity index (χ2n) is 8.45. The molecule has 1 aliphatic heterocycles. The quantitative estimate of drug-likeness (QED) is 0.747. The Morgan fingerprint density at radius 3 is 2.41 bits per heavy atom. The number of benzene rings is 2. The SMILES string of the molecule is CC(C)NC(=O)c1c(F)cc(N2CC(CN[C@@H]3C[C@H]3c3ccccc3)C2)cc1F. The fraction of sp³-hybridized carbons (Fsp3) is 0.435. The molecule has 2 N–H and O–H groups in total. The highest BCUT2D eigenvalue weighted by atomic mass is 19.1. The molecule has 1 saturated heterocycles. The van der Waals surface area contributed by atoms with Crippen LogP contribution in [-0.2, 0) is 0 Å². The van der Waals surface area contributed by atoms with Crippen molar-refractivity contribution in [3.05, 3.63) is 65.2 Å². The Bertz CT molecular complexity index is 858. The van der Waals surface area contributed by atoms with Gasteiger partial charge in [0.25, 0.3) is 5.91 Å². The van der Waals surface area contributed by atoms with E-state index in [-0.39, 0.29) is 6.04 Å². The van der Waals surface area contributed by atoms with E-state index in [0.717, 1.165) is 26.1 Å². The zero-order valence-electron chi connectivity index (χ0n) is 16.8. The number of nitrogens with one attached hydrogen (secondary N) is 2. The lowest BCUT2D eigenvalue weighted by molar-refractivity contribution is 0.0934. The predicted octanol–water partition coefficient (Wildman–Crippen LogP) is 3.68. The third-order valence-corrected chi connectivity index (χ3v) is 5.68. The van der Waals surface area contributed by atoms with Crippen molar-refractivity contribution in [2.45, 2.75) is 38.3 Å². The molecule has 1 saturated carbocycles. The molecule has 154 valence electrons. The van der Waals surface area contributed by atoms with Crippen molar-refractivity contribution in [3.8, 4) is 0 Å². The summed E-state index contributed by atoms with van der Waals surface area (Å²) in [6.07, 6.45) is 1.16. The lowest BCUT2D eigenvalue weighted by Crippen LogP contribution is -2.51. The summed E-state index contributed by atoms with van der Waals surface area (Å²) in [7, 11) is 0. The molecule has 29 heavy (non-hydrogen) atoms. The summed E-state index contributed by atoms with van der Waals surface area (Å²) in [6.45, 7) is 5.92. The van der Waals surface area contributed by atoms with E-state index >= 15 is 0 Å². The van der Waals surface area contributed by atoms with Gasteiger partial charge >= 0.3 is 0 Å². The molecule has 4 rings (SSSR count). The Morgan fingerprint density at radius 2 is 1.79 bits per heavy atom. The highest BCUT2D eigenvalue weighted by molar-refractivity contribution is 5.95. The Labute approximate surface area is 170 Å². The van der Waals surface area contributed by atoms with Crippen molar-refractivity contribution in [2.24, 2.45) is 5.92 Å². The van der Waals surface area contributed by atoms with E-state index in [1.54, 1.807) is 13.8 Å². The Hall–Kier alpha value is -2.47. The monoisotopic (exact) mass is 399 g/mol. The maximum absolute atomic E-state index is 14.4. The van der Waals surface area contributed by atoms with Crippen molar-refractivity contribution in [2.75, 3.05) is 24.5 Å². The minimum absolute atomic E-state index is 0.183. The molecule has 2 aliphatic rings. The second-order valence-corrected chi connectivity index (χ2v) is 8.45. The van der Waals surface area contributed by atoms with Gasteiger partial charge in [-0.3, -0.25) is 4.79 Å². The molecule has 0 unspecified atom stereocenters. The van der Waals surface area contributed by atoms with Gasteiger partial charge < -0.3 is 15.5 Å². The third kappa shape index (κ3) is 4.42. The highest BCUT2D eigenvalue weighted by Crippen LogP contribution is 2.40. The van der Waals surface area contributed by atoms with Crippen molar-refractivity contribution < 1.29 is 13.6 Å². The maximum atomic E-state index is 14.4. The lowest BCUT2D eigenvalue weighted by atomic mass is 9.98. The van der Waals surface area contributed by atoms with E-state index in [1.807, 2.05) is 11.0 Å². The average molecular weight is 399 g/mol. The summed E-state index contributed by atoms with van der Waals surface area (Å²) in [5, 5.41) is 6.15. The van der Waals surface area contributed by atoms with Crippen LogP contribution in [0, 0.1) is 17.6 Å². The van der Waals surface area contributed by atoms with Crippen LogP contribution in [-0.4, -0.2) is 37.6 Å². The molecule has 2 atom stereocenters. The maximum Gasteiger partial charge on any atom is 0.257 e. The lowest BCUT2D eigenvalue weighted by Gasteiger charge is -2.41. The highest BCUT2D eigenvalue weighted by Gasteiger charge is 2.39. The van der Waals surface area contributed by atoms with Crippen molar-refractivity contribution in [3.63, 3.8) is 0 Å². The first kappa shape index (κ1) is 19.8. The van der Waals surface area contributed by atoms with Gasteiger partial charge in [0.2, 0.25) is 0 Å². The number of amides is 1. The number of halogens is 2. The number of carbonyl (C=O) groups is 1. The molecule has 2 aromatic carbocycles. The second kappa shape index (κ2) is 8.11. The third-order valence-electron chi connectivity index (χ3n) is 5.68. The van der Waals surface area contributed by atoms with Crippen LogP contribution in [0.5, 0.6) is 0 Å². The predicted molar refractivity (Wildman–Crippen MR) is 110 cm³/mol. The Balaban J connectivity index is 1.27. The van der Waals surface area contributed by atoms with Crippen molar-refractivity contribution in [1.82, 2.24) is 10.6 Å². The number of carbonyl (C=O) groups excluding carboxylic acids is 1. The van der Waals surface area contributed by atoms with Crippen molar-refractivity contribution >= 4 is 11.6 Å². The van der Waals surface area contributed by atoms with Gasteiger partial charge in [-0.2, -0.15) is 0 Å². The van der Waals surface area contributed by atoms with Crippen molar-refractivity contribution in [1.29, 1.82) is 0 Å². The van der Waals surface area contributed by atoms with Gasteiger partial charge in [-0.25, -0.2) is 8.78 Å². The molecule has 1 amide bonds. The van der Waals surface area contributed by atoms with E-state index in [0.29, 0.717) is 23.6 Å². The van der Waals surface area contributed by atoms with Gasteiger partial charge in [-0.15, -0.1) is 0 Å². The molecule has 2 fully saturated rings. The molecule has 2 aromatic rings. The van der Waals surface area contributed by atoms with Crippen LogP contribution in [0.15, 0.2) is 42.5 Å². The number of rotatable bonds is 7. The molecule has 1 aliphatic carbocycles. The number of hydrogen-bond donors (Lipinski definition) is 2. The smallest absolute Gasteiger partial charge is 0.257 e. The summed E-state index contributed by atoms with van der Waals surface area (Å²) >= 11 is 0. The number of nitrogens with zero attached hydrogens (tertiary/aromatic N) is 1. The molecular formula is C23H27F2N3O. The van der Waals surface area contributed by atoms with Gasteiger partial charge in [0.05, 0.1) is 0 Å². The number of anilines is 1. The summed E-state index contributed by atoms with van der Waals surface area (Å²) < 4.78 is 28.7. The summed E-state index contributed by atoms with van der Waals surface area (Å²) in [6, 6.07) is 13.4. The normalized spacial score (nSPS) is 21.2. The van der Waals surface area contributed by atoms with Crippen LogP contribution in [0.25, 0.3) is 0 Å². The van der Waals surface area contributed by atoms with Crippen LogP contribution in [0.2, 0.25) is 0 Å². The van der Waals surface area contributed by atoms with E-state index in [9.17, 15) is 13.6 Å². The standard InChI is InChI=1S/C23H27F2N3O/c1-14(2)27-23(29)22-19(24)8-17(9-20(22)25)28-12-15(13-28)11-26-21-10-18(21)16-6-4-3-5-7-16/h3-9,14-15,18,21,26H,10-13H2,1-2H3,(H,27,29)/t18-,21+/m0/s1. The van der Waals surface area contributed by atoms with Gasteiger partial charge in [-0.05, 0) is 38.0 Å². The zero-order valence-corrected chi connectivity index (χ0v) is 16.8. The van der Waals surface area contributed by atoms with E-state index in [2.05, 4.69) is 34.9 Å². The van der Waals surface area contributed by atoms with Gasteiger partial charge in [0.15, 0.2) is 0 Å². The molecule has 4 nitrogen and oxygen atoms in total. The van der Waals surface area contributed by atoms with E-state index in [1.165, 1.54) is 17.7 Å². The fourth-order valence-corrected chi connectivity index (χ4v) is 4.01. The fourth-order valence-electron chi connectivity index (χ4n) is 4.01. The van der Waals surface area contributed by atoms with Gasteiger partial charge in [-0.1, -0.05) is 30.3 Å². The molecule has 0 spiro atoms. The topological polar surface area (TPSA) is 44.4 Å². The summed E-state index contributed by atoms with van der Waals surface area (Å²) in [4.78, 5) is 13.9. The first-order valence-corrected chi connectivity index (χ1v) is 10.3. The largest absolute Gasteiger partial charge is 0.371 e. The van der Waals surface area contributed by atoms with Gasteiger partial charge in [0.1, 0.15) is 17.2 Å². The minimum atomic E-state index is -0.816. The average Bonchev–Trinajstić information content (AvgIpc) is 3.39. The van der Waals surface area contributed by atoms with Crippen LogP contribution < -0.4 is 15.5 Å². The molecule has 6 heteroatoms. The Morgan fingerprint density at radius 1 is 1.14 bits per heavy atom. The zero-order chi connectivity index (χ0) is 20.5. The van der Waals surface area contributed by atoms with Crippen LogP contribution in [0.1, 0.15) is 42.1 Å². The van der Waals surface area contributed by atoms with E-state index in [4.69, 9.17) is 0 Å². The summed E-state index contributed by atoms with van der Waals surface area (Å²) in [5.41, 5.74) is 1.36. The minimum Gasteiger partial charge on any atom is -0.371 e. The van der Waals surface area contributed by atoms with Crippen LogP contribution >= 0.6 is 0 Å². The summed E-state index contributed by atoms with van der Waals surface area (Å²) in [5.74, 6) is -1.29. The first-order chi connectivity index (χ1) is 13.9. The molecule has 0 radical (unpaired) electrons. The van der Waals surface area contributed by atoms with Gasteiger partial charge in [0, 0.05) is 49.2 Å². The molecule has 0 bridgehead atoms. The number of hydrogen-bond acceptors (Lipinski definition) is 3. The molecular weight excluding hydrogens is 372 g/mol. The molecule has 1 heterocycles. The van der Waals surface area contributed by atoms with Crippen LogP contribution in [0.3, 0.4) is 0 Å². The first-order valence-electron chi connectivity index (χ1n) is 10.3. The van der Waals surface area contributed by atoms with Crippen LogP contribution in [0.4, 0.5) is 14.5 Å². The van der Waals surface area contributed by atoms with E-state index < -0.39 is 23.1 Å².